The summed E-state index contributed by atoms with van der Waals surface area (Å²) < 4.78 is 10.6. The first-order chi connectivity index (χ1) is 12.4. The molecule has 0 unspecified atom stereocenters. The van der Waals surface area contributed by atoms with Crippen molar-refractivity contribution in [3.05, 3.63) is 53.6 Å². The van der Waals surface area contributed by atoms with Gasteiger partial charge < -0.3 is 20.1 Å². The van der Waals surface area contributed by atoms with E-state index in [9.17, 15) is 4.79 Å². The Morgan fingerprint density at radius 2 is 1.77 bits per heavy atom. The van der Waals surface area contributed by atoms with Gasteiger partial charge in [0.25, 0.3) is 0 Å². The Bertz CT molecular complexity index is 757. The molecular weight excluding hydrogens is 328 g/mol. The topological polar surface area (TPSA) is 59.6 Å². The zero-order valence-electron chi connectivity index (χ0n) is 16.2. The lowest BCUT2D eigenvalue weighted by molar-refractivity contribution is -0.120. The molecule has 0 fully saturated rings. The maximum Gasteiger partial charge on any atom is 0.234 e. The Kier molecular flexibility index (Phi) is 6.64. The first kappa shape index (κ1) is 19.8. The van der Waals surface area contributed by atoms with Crippen molar-refractivity contribution in [2.24, 2.45) is 0 Å². The third-order valence-corrected chi connectivity index (χ3v) is 4.44. The highest BCUT2D eigenvalue weighted by atomic mass is 16.5. The molecule has 1 amide bonds. The van der Waals surface area contributed by atoms with E-state index >= 15 is 0 Å². The number of ether oxygens (including phenoxy) is 2. The molecule has 0 aliphatic carbocycles. The molecule has 140 valence electrons. The second-order valence-corrected chi connectivity index (χ2v) is 6.63. The molecule has 5 heteroatoms. The van der Waals surface area contributed by atoms with Gasteiger partial charge in [0.15, 0.2) is 11.5 Å². The van der Waals surface area contributed by atoms with Gasteiger partial charge in [-0.05, 0) is 55.8 Å². The molecule has 26 heavy (non-hydrogen) atoms. The number of nitrogens with one attached hydrogen (secondary N) is 2. The number of carbonyl (C=O) groups excluding carboxylic acids is 1. The summed E-state index contributed by atoms with van der Waals surface area (Å²) in [6.45, 7) is 7.54. The van der Waals surface area contributed by atoms with Crippen LogP contribution in [0.25, 0.3) is 0 Å². The van der Waals surface area contributed by atoms with Gasteiger partial charge in [0.05, 0.1) is 19.6 Å². The van der Waals surface area contributed by atoms with E-state index in [1.807, 2.05) is 56.3 Å². The van der Waals surface area contributed by atoms with E-state index in [-0.39, 0.29) is 5.91 Å². The fraction of sp³-hybridized carbons (Fsp3) is 0.381. The van der Waals surface area contributed by atoms with Gasteiger partial charge in [-0.3, -0.25) is 4.79 Å². The fourth-order valence-electron chi connectivity index (χ4n) is 2.67. The monoisotopic (exact) mass is 356 g/mol. The standard InChI is InChI=1S/C21H28N2O3/c1-6-22-14-15-8-7-9-17(12-15)23-20(24)21(2,3)16-10-11-18(25-4)19(13-16)26-5/h7-13,22H,6,14H2,1-5H3,(H,23,24). The van der Waals surface area contributed by atoms with Gasteiger partial charge in [-0.2, -0.15) is 0 Å². The van der Waals surface area contributed by atoms with E-state index < -0.39 is 5.41 Å². The van der Waals surface area contributed by atoms with Crippen molar-refractivity contribution in [3.63, 3.8) is 0 Å². The van der Waals surface area contributed by atoms with E-state index in [0.29, 0.717) is 11.5 Å². The average Bonchev–Trinajstić information content (AvgIpc) is 2.65. The van der Waals surface area contributed by atoms with Crippen LogP contribution in [-0.2, 0) is 16.8 Å². The molecule has 0 aliphatic rings. The molecule has 0 spiro atoms. The summed E-state index contributed by atoms with van der Waals surface area (Å²) in [4.78, 5) is 12.9. The second-order valence-electron chi connectivity index (χ2n) is 6.63. The molecule has 0 radical (unpaired) electrons. The second kappa shape index (κ2) is 8.72. The fourth-order valence-corrected chi connectivity index (χ4v) is 2.67. The van der Waals surface area contributed by atoms with Crippen molar-refractivity contribution >= 4 is 11.6 Å². The summed E-state index contributed by atoms with van der Waals surface area (Å²) in [6.07, 6.45) is 0. The Hall–Kier alpha value is -2.53. The van der Waals surface area contributed by atoms with Crippen LogP contribution >= 0.6 is 0 Å². The van der Waals surface area contributed by atoms with E-state index in [0.717, 1.165) is 29.9 Å². The van der Waals surface area contributed by atoms with Crippen molar-refractivity contribution in [1.82, 2.24) is 5.32 Å². The van der Waals surface area contributed by atoms with Crippen LogP contribution < -0.4 is 20.1 Å². The minimum Gasteiger partial charge on any atom is -0.493 e. The molecule has 2 aromatic carbocycles. The lowest BCUT2D eigenvalue weighted by Gasteiger charge is -2.25. The number of carbonyl (C=O) groups is 1. The molecule has 0 aliphatic heterocycles. The van der Waals surface area contributed by atoms with Crippen LogP contribution in [0.15, 0.2) is 42.5 Å². The van der Waals surface area contributed by atoms with Crippen molar-refractivity contribution < 1.29 is 14.3 Å². The summed E-state index contributed by atoms with van der Waals surface area (Å²) in [5, 5.41) is 6.31. The molecule has 0 aromatic heterocycles. The van der Waals surface area contributed by atoms with Crippen molar-refractivity contribution in [3.8, 4) is 11.5 Å². The first-order valence-corrected chi connectivity index (χ1v) is 8.76. The number of benzene rings is 2. The van der Waals surface area contributed by atoms with Crippen molar-refractivity contribution in [2.75, 3.05) is 26.1 Å². The van der Waals surface area contributed by atoms with E-state index in [1.54, 1.807) is 14.2 Å². The number of rotatable bonds is 8. The molecule has 2 aromatic rings. The number of anilines is 1. The number of hydrogen-bond acceptors (Lipinski definition) is 4. The van der Waals surface area contributed by atoms with Crippen LogP contribution in [0.5, 0.6) is 11.5 Å². The summed E-state index contributed by atoms with van der Waals surface area (Å²) >= 11 is 0. The predicted octanol–water partition coefficient (Wildman–Crippen LogP) is 3.73. The quantitative estimate of drug-likeness (QED) is 0.757. The molecular formula is C21H28N2O3. The highest BCUT2D eigenvalue weighted by Gasteiger charge is 2.30. The average molecular weight is 356 g/mol. The van der Waals surface area contributed by atoms with E-state index in [1.165, 1.54) is 0 Å². The number of amides is 1. The van der Waals surface area contributed by atoms with Crippen LogP contribution in [0.1, 0.15) is 31.9 Å². The molecule has 0 saturated heterocycles. The largest absolute Gasteiger partial charge is 0.493 e. The lowest BCUT2D eigenvalue weighted by Crippen LogP contribution is -2.34. The van der Waals surface area contributed by atoms with E-state index in [4.69, 9.17) is 9.47 Å². The van der Waals surface area contributed by atoms with Crippen LogP contribution in [0.3, 0.4) is 0 Å². The lowest BCUT2D eigenvalue weighted by atomic mass is 9.83. The van der Waals surface area contributed by atoms with Crippen LogP contribution in [-0.4, -0.2) is 26.7 Å². The smallest absolute Gasteiger partial charge is 0.234 e. The van der Waals surface area contributed by atoms with Gasteiger partial charge in [-0.1, -0.05) is 25.1 Å². The molecule has 2 N–H and O–H groups in total. The Morgan fingerprint density at radius 1 is 1.04 bits per heavy atom. The number of methoxy groups -OCH3 is 2. The summed E-state index contributed by atoms with van der Waals surface area (Å²) in [5.41, 5.74) is 2.06. The maximum absolute atomic E-state index is 12.9. The van der Waals surface area contributed by atoms with Gasteiger partial charge >= 0.3 is 0 Å². The normalized spacial score (nSPS) is 11.1. The SMILES string of the molecule is CCNCc1cccc(NC(=O)C(C)(C)c2ccc(OC)c(OC)c2)c1. The van der Waals surface area contributed by atoms with Gasteiger partial charge in [0.2, 0.25) is 5.91 Å². The van der Waals surface area contributed by atoms with Crippen LogP contribution in [0.4, 0.5) is 5.69 Å². The molecule has 0 atom stereocenters. The molecule has 0 saturated carbocycles. The van der Waals surface area contributed by atoms with Crippen molar-refractivity contribution in [1.29, 1.82) is 0 Å². The zero-order valence-corrected chi connectivity index (χ0v) is 16.2. The van der Waals surface area contributed by atoms with Crippen molar-refractivity contribution in [2.45, 2.75) is 32.7 Å². The summed E-state index contributed by atoms with van der Waals surface area (Å²) in [6, 6.07) is 13.4. The predicted molar refractivity (Wildman–Crippen MR) is 105 cm³/mol. The Morgan fingerprint density at radius 3 is 2.42 bits per heavy atom. The molecule has 0 heterocycles. The Labute approximate surface area is 155 Å². The molecule has 5 nitrogen and oxygen atoms in total. The van der Waals surface area contributed by atoms with Gasteiger partial charge in [0.1, 0.15) is 0 Å². The van der Waals surface area contributed by atoms with Crippen LogP contribution in [0.2, 0.25) is 0 Å². The maximum atomic E-state index is 12.9. The first-order valence-electron chi connectivity index (χ1n) is 8.76. The highest BCUT2D eigenvalue weighted by Crippen LogP contribution is 2.33. The van der Waals surface area contributed by atoms with E-state index in [2.05, 4.69) is 17.6 Å². The Balaban J connectivity index is 2.20. The third kappa shape index (κ3) is 4.55. The minimum absolute atomic E-state index is 0.0784. The van der Waals surface area contributed by atoms with Gasteiger partial charge in [-0.15, -0.1) is 0 Å². The van der Waals surface area contributed by atoms with Gasteiger partial charge in [0, 0.05) is 12.2 Å². The number of hydrogen-bond donors (Lipinski definition) is 2. The van der Waals surface area contributed by atoms with Gasteiger partial charge in [-0.25, -0.2) is 0 Å². The minimum atomic E-state index is -0.725. The molecule has 2 rings (SSSR count). The van der Waals surface area contributed by atoms with Crippen LogP contribution in [0, 0.1) is 0 Å². The summed E-state index contributed by atoms with van der Waals surface area (Å²) in [5.74, 6) is 1.17. The summed E-state index contributed by atoms with van der Waals surface area (Å²) in [7, 11) is 3.18. The third-order valence-electron chi connectivity index (χ3n) is 4.44. The zero-order chi connectivity index (χ0) is 19.2. The molecule has 0 bridgehead atoms. The highest BCUT2D eigenvalue weighted by molar-refractivity contribution is 5.98.